The van der Waals surface area contributed by atoms with Crippen LogP contribution in [0.5, 0.6) is 0 Å². The van der Waals surface area contributed by atoms with Gasteiger partial charge in [-0.1, -0.05) is 71.8 Å². The predicted molar refractivity (Wildman–Crippen MR) is 178 cm³/mol. The number of amides is 2. The first-order chi connectivity index (χ1) is 22.4. The minimum atomic E-state index is -4.17. The molecule has 0 radical (unpaired) electrons. The molecule has 5 aromatic rings. The van der Waals surface area contributed by atoms with Gasteiger partial charge in [0.1, 0.15) is 0 Å². The topological polar surface area (TPSA) is 165 Å². The molecule has 236 valence electrons. The average Bonchev–Trinajstić information content (AvgIpc) is 3.06. The molecule has 0 spiro atoms. The summed E-state index contributed by atoms with van der Waals surface area (Å²) < 4.78 is 28.6. The molecule has 2 amide bonds. The van der Waals surface area contributed by atoms with Gasteiger partial charge in [0.15, 0.2) is 5.78 Å². The van der Waals surface area contributed by atoms with Crippen molar-refractivity contribution in [2.24, 2.45) is 0 Å². The summed E-state index contributed by atoms with van der Waals surface area (Å²) in [5.41, 5.74) is 1.66. The number of hydrogen-bond donors (Lipinski definition) is 3. The third kappa shape index (κ3) is 7.40. The fourth-order valence-electron chi connectivity index (χ4n) is 4.71. The van der Waals surface area contributed by atoms with Crippen molar-refractivity contribution in [3.05, 3.63) is 159 Å². The molecule has 0 fully saturated rings. The molecule has 5 aromatic carbocycles. The number of carbonyl (C=O) groups is 3. The average molecular weight is 649 g/mol. The van der Waals surface area contributed by atoms with Gasteiger partial charge in [0.2, 0.25) is 0 Å². The number of nitrogens with zero attached hydrogens (tertiary/aromatic N) is 1. The number of non-ortho nitro benzene ring substituents is 1. The number of rotatable bonds is 10. The van der Waals surface area contributed by atoms with Crippen LogP contribution in [0.15, 0.2) is 120 Å². The standard InChI is InChI=1S/C35H28N4O7S/c1-22-12-16-26(17-13-22)47(45,46)38-32-19-15-25(39(43)44)21-29(32)35(42)36-30-11-7-6-10-27(30)34(41)37-31-18-14-23(2)20-28(31)33(40)24-8-4-3-5-9-24/h3-21,38H,1-2H3,(H,36,42)(H,37,41). The van der Waals surface area contributed by atoms with Crippen LogP contribution in [0.25, 0.3) is 0 Å². The Hall–Kier alpha value is -6.14. The van der Waals surface area contributed by atoms with Crippen LogP contribution in [-0.2, 0) is 10.0 Å². The number of nitrogens with one attached hydrogen (secondary N) is 3. The number of benzene rings is 5. The zero-order chi connectivity index (χ0) is 33.7. The Morgan fingerprint density at radius 2 is 1.19 bits per heavy atom. The van der Waals surface area contributed by atoms with E-state index >= 15 is 0 Å². The highest BCUT2D eigenvalue weighted by atomic mass is 32.2. The van der Waals surface area contributed by atoms with E-state index in [1.807, 2.05) is 6.92 Å². The minimum Gasteiger partial charge on any atom is -0.321 e. The molecule has 0 aliphatic carbocycles. The number of sulfonamides is 1. The van der Waals surface area contributed by atoms with Gasteiger partial charge in [-0.3, -0.25) is 29.2 Å². The van der Waals surface area contributed by atoms with E-state index in [1.165, 1.54) is 24.3 Å². The number of nitro groups is 1. The van der Waals surface area contributed by atoms with Gasteiger partial charge in [-0.15, -0.1) is 0 Å². The van der Waals surface area contributed by atoms with Crippen molar-refractivity contribution in [3.63, 3.8) is 0 Å². The van der Waals surface area contributed by atoms with E-state index < -0.39 is 32.4 Å². The normalized spacial score (nSPS) is 10.9. The SMILES string of the molecule is Cc1ccc(S(=O)(=O)Nc2ccc([N+](=O)[O-])cc2C(=O)Nc2ccccc2C(=O)Nc2ccc(C)cc2C(=O)c2ccccc2)cc1. The Morgan fingerprint density at radius 3 is 1.87 bits per heavy atom. The Bertz CT molecular complexity index is 2130. The molecule has 0 saturated heterocycles. The molecule has 47 heavy (non-hydrogen) atoms. The van der Waals surface area contributed by atoms with Gasteiger partial charge in [0.25, 0.3) is 27.5 Å². The van der Waals surface area contributed by atoms with Crippen LogP contribution in [0.4, 0.5) is 22.7 Å². The highest BCUT2D eigenvalue weighted by molar-refractivity contribution is 7.92. The summed E-state index contributed by atoms with van der Waals surface area (Å²) >= 11 is 0. The zero-order valence-corrected chi connectivity index (χ0v) is 26.0. The number of aryl methyl sites for hydroxylation is 2. The summed E-state index contributed by atoms with van der Waals surface area (Å²) in [6.07, 6.45) is 0. The Morgan fingerprint density at radius 1 is 0.617 bits per heavy atom. The molecule has 0 bridgehead atoms. The van der Waals surface area contributed by atoms with Crippen molar-refractivity contribution in [2.75, 3.05) is 15.4 Å². The molecular formula is C35H28N4O7S. The number of ketones is 1. The second-order valence-electron chi connectivity index (χ2n) is 10.6. The molecule has 5 rings (SSSR count). The third-order valence-corrected chi connectivity index (χ3v) is 8.54. The van der Waals surface area contributed by atoms with Gasteiger partial charge >= 0.3 is 0 Å². The molecule has 0 aliphatic heterocycles. The fraction of sp³-hybridized carbons (Fsp3) is 0.0571. The third-order valence-electron chi connectivity index (χ3n) is 7.16. The van der Waals surface area contributed by atoms with Crippen LogP contribution in [0.1, 0.15) is 47.8 Å². The number of carbonyl (C=O) groups excluding carboxylic acids is 3. The van der Waals surface area contributed by atoms with E-state index in [2.05, 4.69) is 15.4 Å². The number of para-hydroxylation sites is 1. The first-order valence-electron chi connectivity index (χ1n) is 14.2. The second-order valence-corrected chi connectivity index (χ2v) is 12.3. The molecule has 0 aromatic heterocycles. The Balaban J connectivity index is 1.45. The largest absolute Gasteiger partial charge is 0.321 e. The van der Waals surface area contributed by atoms with E-state index in [4.69, 9.17) is 0 Å². The molecule has 0 heterocycles. The fourth-order valence-corrected chi connectivity index (χ4v) is 5.79. The molecule has 0 atom stereocenters. The zero-order valence-electron chi connectivity index (χ0n) is 25.2. The Kier molecular flexibility index (Phi) is 9.24. The van der Waals surface area contributed by atoms with Gasteiger partial charge in [-0.25, -0.2) is 8.42 Å². The van der Waals surface area contributed by atoms with E-state index in [0.29, 0.717) is 5.56 Å². The summed E-state index contributed by atoms with van der Waals surface area (Å²) in [7, 11) is -4.17. The molecular weight excluding hydrogens is 620 g/mol. The predicted octanol–water partition coefficient (Wildman–Crippen LogP) is 6.75. The van der Waals surface area contributed by atoms with Gasteiger partial charge < -0.3 is 10.6 Å². The van der Waals surface area contributed by atoms with Crippen molar-refractivity contribution in [3.8, 4) is 0 Å². The second kappa shape index (κ2) is 13.5. The van der Waals surface area contributed by atoms with Crippen LogP contribution in [0, 0.1) is 24.0 Å². The Labute approximate surface area is 270 Å². The molecule has 0 aliphatic rings. The maximum Gasteiger partial charge on any atom is 0.270 e. The lowest BCUT2D eigenvalue weighted by atomic mass is 9.99. The smallest absolute Gasteiger partial charge is 0.270 e. The minimum absolute atomic E-state index is 0.0201. The van der Waals surface area contributed by atoms with Crippen LogP contribution in [-0.4, -0.2) is 30.9 Å². The van der Waals surface area contributed by atoms with Crippen LogP contribution < -0.4 is 15.4 Å². The van der Waals surface area contributed by atoms with Gasteiger partial charge in [0, 0.05) is 23.3 Å². The molecule has 11 nitrogen and oxygen atoms in total. The first kappa shape index (κ1) is 32.3. The monoisotopic (exact) mass is 648 g/mol. The molecule has 12 heteroatoms. The maximum absolute atomic E-state index is 13.6. The highest BCUT2D eigenvalue weighted by Gasteiger charge is 2.24. The van der Waals surface area contributed by atoms with Gasteiger partial charge in [-0.2, -0.15) is 0 Å². The summed E-state index contributed by atoms with van der Waals surface area (Å²) in [5, 5.41) is 16.9. The van der Waals surface area contributed by atoms with Crippen molar-refractivity contribution >= 4 is 50.4 Å². The van der Waals surface area contributed by atoms with E-state index in [9.17, 15) is 32.9 Å². The number of hydrogen-bond acceptors (Lipinski definition) is 7. The van der Waals surface area contributed by atoms with Crippen molar-refractivity contribution < 1.29 is 27.7 Å². The van der Waals surface area contributed by atoms with E-state index in [1.54, 1.807) is 79.7 Å². The van der Waals surface area contributed by atoms with Crippen molar-refractivity contribution in [2.45, 2.75) is 18.7 Å². The quantitative estimate of drug-likeness (QED) is 0.0856. The number of nitro benzene ring substituents is 1. The van der Waals surface area contributed by atoms with E-state index in [-0.39, 0.29) is 44.4 Å². The van der Waals surface area contributed by atoms with Crippen molar-refractivity contribution in [1.82, 2.24) is 0 Å². The highest BCUT2D eigenvalue weighted by Crippen LogP contribution is 2.28. The summed E-state index contributed by atoms with van der Waals surface area (Å²) in [6, 6.07) is 28.8. The van der Waals surface area contributed by atoms with Crippen LogP contribution in [0.2, 0.25) is 0 Å². The first-order valence-corrected chi connectivity index (χ1v) is 15.7. The lowest BCUT2D eigenvalue weighted by molar-refractivity contribution is -0.384. The summed E-state index contributed by atoms with van der Waals surface area (Å²) in [5.74, 6) is -1.85. The number of anilines is 3. The van der Waals surface area contributed by atoms with Crippen LogP contribution in [0.3, 0.4) is 0 Å². The van der Waals surface area contributed by atoms with Gasteiger partial charge in [0.05, 0.1) is 38.0 Å². The van der Waals surface area contributed by atoms with Gasteiger partial charge in [-0.05, 0) is 56.3 Å². The summed E-state index contributed by atoms with van der Waals surface area (Å²) in [4.78, 5) is 51.2. The maximum atomic E-state index is 13.6. The van der Waals surface area contributed by atoms with E-state index in [0.717, 1.165) is 29.3 Å². The summed E-state index contributed by atoms with van der Waals surface area (Å²) in [6.45, 7) is 3.62. The van der Waals surface area contributed by atoms with Crippen LogP contribution >= 0.6 is 0 Å². The molecule has 3 N–H and O–H groups in total. The molecule has 0 unspecified atom stereocenters. The lowest BCUT2D eigenvalue weighted by Crippen LogP contribution is -2.21. The van der Waals surface area contributed by atoms with Crippen molar-refractivity contribution in [1.29, 1.82) is 0 Å². The lowest BCUT2D eigenvalue weighted by Gasteiger charge is -2.16. The molecule has 0 saturated carbocycles.